The second kappa shape index (κ2) is 4.39. The molecule has 0 fully saturated rings. The third-order valence-corrected chi connectivity index (χ3v) is 3.62. The summed E-state index contributed by atoms with van der Waals surface area (Å²) in [6.45, 7) is 2.01. The van der Waals surface area contributed by atoms with Crippen LogP contribution in [0.1, 0.15) is 16.5 Å². The summed E-state index contributed by atoms with van der Waals surface area (Å²) in [4.78, 5) is 0. The molecule has 0 nitrogen and oxygen atoms in total. The van der Waals surface area contributed by atoms with Crippen molar-refractivity contribution in [2.45, 2.75) is 15.5 Å². The fourth-order valence-corrected chi connectivity index (χ4v) is 1.59. The van der Waals surface area contributed by atoms with Crippen molar-refractivity contribution in [3.05, 3.63) is 35.4 Å². The highest BCUT2D eigenvalue weighted by molar-refractivity contribution is 9.11. The van der Waals surface area contributed by atoms with E-state index >= 15 is 0 Å². The zero-order chi connectivity index (χ0) is 10.1. The van der Waals surface area contributed by atoms with Crippen LogP contribution < -0.4 is 0 Å². The van der Waals surface area contributed by atoms with Crippen LogP contribution in [0.5, 0.6) is 0 Å². The first-order chi connectivity index (χ1) is 5.91. The maximum atomic E-state index is 6.02. The van der Waals surface area contributed by atoms with Crippen molar-refractivity contribution in [1.29, 1.82) is 0 Å². The molecule has 0 saturated heterocycles. The predicted molar refractivity (Wildman–Crippen MR) is 63.1 cm³/mol. The average molecular weight is 302 g/mol. The molecule has 0 aliphatic rings. The largest absolute Gasteiger partial charge is 0.192 e. The number of aryl methyl sites for hydroxylation is 1. The molecule has 0 aliphatic heterocycles. The summed E-state index contributed by atoms with van der Waals surface area (Å²) < 4.78 is -1.12. The van der Waals surface area contributed by atoms with E-state index in [0.29, 0.717) is 0 Å². The van der Waals surface area contributed by atoms with Crippen LogP contribution in [0, 0.1) is 6.92 Å². The fourth-order valence-electron chi connectivity index (χ4n) is 0.924. The third kappa shape index (κ3) is 3.32. The Morgan fingerprint density at radius 1 is 1.23 bits per heavy atom. The van der Waals surface area contributed by atoms with Gasteiger partial charge in [0.05, 0.1) is 0 Å². The third-order valence-electron chi connectivity index (χ3n) is 1.66. The van der Waals surface area contributed by atoms with Gasteiger partial charge in [0, 0.05) is 0 Å². The molecule has 0 N–H and O–H groups in total. The minimum atomic E-state index is -1.12. The number of hydrogen-bond acceptors (Lipinski definition) is 0. The van der Waals surface area contributed by atoms with Crippen molar-refractivity contribution in [3.8, 4) is 0 Å². The number of rotatable bonds is 2. The van der Waals surface area contributed by atoms with Crippen LogP contribution in [0.25, 0.3) is 0 Å². The van der Waals surface area contributed by atoms with E-state index in [0.717, 1.165) is 5.56 Å². The van der Waals surface area contributed by atoms with E-state index in [1.807, 2.05) is 31.2 Å². The van der Waals surface area contributed by atoms with Gasteiger partial charge in [-0.1, -0.05) is 53.0 Å². The van der Waals surface area contributed by atoms with Crippen molar-refractivity contribution in [2.75, 3.05) is 0 Å². The van der Waals surface area contributed by atoms with Gasteiger partial charge in [-0.05, 0) is 28.4 Å². The van der Waals surface area contributed by atoms with Gasteiger partial charge in [0.2, 0.25) is 0 Å². The molecule has 13 heavy (non-hydrogen) atoms. The van der Waals surface area contributed by atoms with Crippen LogP contribution in [0.15, 0.2) is 24.3 Å². The van der Waals surface area contributed by atoms with E-state index in [9.17, 15) is 0 Å². The molecule has 0 radical (unpaired) electrons. The van der Waals surface area contributed by atoms with Crippen LogP contribution in [-0.4, -0.2) is 3.24 Å². The van der Waals surface area contributed by atoms with Crippen molar-refractivity contribution < 1.29 is 0 Å². The number of alkyl halides is 4. The minimum absolute atomic E-state index is 0.462. The monoisotopic (exact) mass is 300 g/mol. The zero-order valence-corrected chi connectivity index (χ0v) is 10.8. The fraction of sp³-hybridized carbons (Fsp3) is 0.333. The summed E-state index contributed by atoms with van der Waals surface area (Å²) >= 11 is 20.7. The molecular formula is C9H8BrCl3. The Morgan fingerprint density at radius 3 is 2.08 bits per heavy atom. The van der Waals surface area contributed by atoms with E-state index in [-0.39, 0.29) is 0 Å². The van der Waals surface area contributed by atoms with Crippen molar-refractivity contribution >= 4 is 50.7 Å². The van der Waals surface area contributed by atoms with Crippen molar-refractivity contribution in [2.24, 2.45) is 0 Å². The van der Waals surface area contributed by atoms with Gasteiger partial charge in [-0.15, -0.1) is 11.6 Å². The van der Waals surface area contributed by atoms with Crippen LogP contribution in [0.3, 0.4) is 0 Å². The lowest BCUT2D eigenvalue weighted by Gasteiger charge is -2.18. The molecule has 0 amide bonds. The minimum Gasteiger partial charge on any atom is -0.114 e. The molecule has 1 aromatic rings. The van der Waals surface area contributed by atoms with Crippen LogP contribution in [-0.2, 0) is 0 Å². The van der Waals surface area contributed by atoms with Crippen molar-refractivity contribution in [1.82, 2.24) is 0 Å². The second-order valence-electron chi connectivity index (χ2n) is 2.81. The van der Waals surface area contributed by atoms with E-state index < -0.39 is 8.62 Å². The highest BCUT2D eigenvalue weighted by atomic mass is 79.9. The molecule has 0 spiro atoms. The highest BCUT2D eigenvalue weighted by Gasteiger charge is 2.31. The van der Waals surface area contributed by atoms with E-state index in [1.54, 1.807) is 0 Å². The van der Waals surface area contributed by atoms with E-state index in [4.69, 9.17) is 34.8 Å². The summed E-state index contributed by atoms with van der Waals surface area (Å²) in [5.41, 5.74) is 2.08. The summed E-state index contributed by atoms with van der Waals surface area (Å²) in [5.74, 6) is 0. The Morgan fingerprint density at radius 2 is 1.69 bits per heavy atom. The Hall–Kier alpha value is 0.570. The quantitative estimate of drug-likeness (QED) is 0.688. The topological polar surface area (TPSA) is 0 Å². The molecule has 0 bridgehead atoms. The summed E-state index contributed by atoms with van der Waals surface area (Å²) in [6, 6.07) is 7.76. The van der Waals surface area contributed by atoms with Gasteiger partial charge in [-0.3, -0.25) is 0 Å². The number of halogens is 4. The zero-order valence-electron chi connectivity index (χ0n) is 6.90. The lowest BCUT2D eigenvalue weighted by Crippen LogP contribution is -2.10. The van der Waals surface area contributed by atoms with Crippen LogP contribution in [0.2, 0.25) is 0 Å². The average Bonchev–Trinajstić information content (AvgIpc) is 2.03. The van der Waals surface area contributed by atoms with E-state index in [2.05, 4.69) is 15.9 Å². The first-order valence-electron chi connectivity index (χ1n) is 3.68. The summed E-state index contributed by atoms with van der Waals surface area (Å²) in [6.07, 6.45) is 0. The molecule has 1 rings (SSSR count). The lowest BCUT2D eigenvalue weighted by atomic mass is 10.1. The molecule has 0 heterocycles. The number of hydrogen-bond donors (Lipinski definition) is 0. The van der Waals surface area contributed by atoms with Gasteiger partial charge in [-0.2, -0.15) is 0 Å². The second-order valence-corrected chi connectivity index (χ2v) is 6.80. The Kier molecular flexibility index (Phi) is 3.94. The standard InChI is InChI=1S/C9H8BrCl3/c1-6-2-4-7(5-3-6)8(11)9(10,12)13/h2-5,8H,1H3. The van der Waals surface area contributed by atoms with Crippen LogP contribution >= 0.6 is 50.7 Å². The first kappa shape index (κ1) is 11.6. The van der Waals surface area contributed by atoms with Gasteiger partial charge >= 0.3 is 0 Å². The van der Waals surface area contributed by atoms with Gasteiger partial charge in [0.1, 0.15) is 5.38 Å². The van der Waals surface area contributed by atoms with E-state index in [1.165, 1.54) is 5.56 Å². The van der Waals surface area contributed by atoms with Crippen molar-refractivity contribution in [3.63, 3.8) is 0 Å². The lowest BCUT2D eigenvalue weighted by molar-refractivity contribution is 0.996. The molecule has 0 aromatic heterocycles. The smallest absolute Gasteiger partial charge is 0.114 e. The molecule has 72 valence electrons. The number of benzene rings is 1. The highest BCUT2D eigenvalue weighted by Crippen LogP contribution is 2.45. The summed E-state index contributed by atoms with van der Waals surface area (Å²) in [7, 11) is 0. The molecule has 1 atom stereocenters. The molecule has 1 aromatic carbocycles. The van der Waals surface area contributed by atoms with Gasteiger partial charge in [0.15, 0.2) is 3.24 Å². The summed E-state index contributed by atoms with van der Waals surface area (Å²) in [5, 5.41) is -0.462. The molecule has 1 unspecified atom stereocenters. The maximum absolute atomic E-state index is 6.02. The van der Waals surface area contributed by atoms with Gasteiger partial charge in [0.25, 0.3) is 0 Å². The Balaban J connectivity index is 2.90. The van der Waals surface area contributed by atoms with Crippen LogP contribution in [0.4, 0.5) is 0 Å². The SMILES string of the molecule is Cc1ccc(C(Cl)C(Cl)(Cl)Br)cc1. The normalized spacial score (nSPS) is 14.2. The molecular weight excluding hydrogens is 294 g/mol. The molecule has 4 heteroatoms. The van der Waals surface area contributed by atoms with Gasteiger partial charge < -0.3 is 0 Å². The molecule has 0 aliphatic carbocycles. The Bertz CT molecular complexity index is 276. The molecule has 0 saturated carbocycles. The maximum Gasteiger partial charge on any atom is 0.192 e. The van der Waals surface area contributed by atoms with Gasteiger partial charge in [-0.25, -0.2) is 0 Å². The Labute approximate surface area is 101 Å². The predicted octanol–water partition coefficient (Wildman–Crippen LogP) is 4.80. The first-order valence-corrected chi connectivity index (χ1v) is 5.67.